The van der Waals surface area contributed by atoms with E-state index >= 15 is 0 Å². The number of fused-ring (bicyclic) bond motifs is 1. The number of nitrogens with one attached hydrogen (secondary N) is 1. The number of Topliss-reactive ketones (excluding diaryl/α,β-unsaturated/α-hetero) is 1. The van der Waals surface area contributed by atoms with Crippen LogP contribution in [-0.4, -0.2) is 29.3 Å². The Balaban J connectivity index is 1.34. The van der Waals surface area contributed by atoms with Crippen molar-refractivity contribution >= 4 is 34.6 Å². The molecular formula is C24H21ClN2O3S. The van der Waals surface area contributed by atoms with Crippen molar-refractivity contribution in [3.8, 4) is 16.2 Å². The van der Waals surface area contributed by atoms with Gasteiger partial charge in [-0.25, -0.2) is 0 Å². The van der Waals surface area contributed by atoms with Gasteiger partial charge in [-0.15, -0.1) is 11.3 Å². The quantitative estimate of drug-likeness (QED) is 0.409. The molecule has 1 aromatic carbocycles. The Hall–Kier alpha value is -2.96. The third-order valence-electron chi connectivity index (χ3n) is 4.94. The number of amides is 1. The first-order valence-corrected chi connectivity index (χ1v) is 11.1. The van der Waals surface area contributed by atoms with Gasteiger partial charge in [0.1, 0.15) is 11.9 Å². The first-order chi connectivity index (χ1) is 15.0. The fraction of sp³-hybridized carbons (Fsp3) is 0.208. The molecule has 2 aromatic heterocycles. The van der Waals surface area contributed by atoms with Gasteiger partial charge < -0.3 is 10.1 Å². The zero-order chi connectivity index (χ0) is 21.8. The van der Waals surface area contributed by atoms with Gasteiger partial charge in [-0.3, -0.25) is 14.6 Å². The number of nitrogens with zero attached hydrogens (tertiary/aromatic N) is 1. The summed E-state index contributed by atoms with van der Waals surface area (Å²) in [7, 11) is 0. The number of thiophene rings is 1. The van der Waals surface area contributed by atoms with E-state index < -0.39 is 0 Å². The average Bonchev–Trinajstić information content (AvgIpc) is 3.41. The number of benzene rings is 1. The van der Waals surface area contributed by atoms with E-state index in [0.29, 0.717) is 30.2 Å². The lowest BCUT2D eigenvalue weighted by molar-refractivity contribution is -0.116. The molecule has 0 aliphatic carbocycles. The van der Waals surface area contributed by atoms with Gasteiger partial charge >= 0.3 is 0 Å². The maximum atomic E-state index is 12.1. The van der Waals surface area contributed by atoms with Crippen LogP contribution in [0.1, 0.15) is 27.7 Å². The zero-order valence-electron chi connectivity index (χ0n) is 16.9. The van der Waals surface area contributed by atoms with E-state index in [9.17, 15) is 9.59 Å². The number of halogens is 1. The first kappa shape index (κ1) is 21.3. The van der Waals surface area contributed by atoms with Crippen LogP contribution in [0, 0.1) is 0 Å². The maximum Gasteiger partial charge on any atom is 0.243 e. The number of pyridine rings is 1. The lowest BCUT2D eigenvalue weighted by Gasteiger charge is -2.11. The molecule has 1 atom stereocenters. The number of allylic oxidation sites excluding steroid dienone is 1. The normalized spacial score (nSPS) is 15.0. The molecule has 31 heavy (non-hydrogen) atoms. The number of hydrogen-bond donors (Lipinski definition) is 1. The number of carbonyl (C=O) groups is 2. The van der Waals surface area contributed by atoms with Crippen LogP contribution < -0.4 is 10.1 Å². The van der Waals surface area contributed by atoms with Crippen LogP contribution >= 0.6 is 22.9 Å². The minimum atomic E-state index is -0.172. The summed E-state index contributed by atoms with van der Waals surface area (Å²) in [5.74, 6) is 0.558. The van der Waals surface area contributed by atoms with E-state index in [4.69, 9.17) is 16.3 Å². The van der Waals surface area contributed by atoms with Crippen LogP contribution in [0.25, 0.3) is 10.4 Å². The number of aromatic nitrogens is 1. The number of hydrogen-bond acceptors (Lipinski definition) is 5. The molecule has 3 heterocycles. The second kappa shape index (κ2) is 9.45. The monoisotopic (exact) mass is 452 g/mol. The molecule has 0 radical (unpaired) electrons. The van der Waals surface area contributed by atoms with Crippen LogP contribution in [0.5, 0.6) is 5.75 Å². The minimum Gasteiger partial charge on any atom is -0.486 e. The van der Waals surface area contributed by atoms with Crippen molar-refractivity contribution in [2.24, 2.45) is 0 Å². The Labute approximate surface area is 189 Å². The molecule has 0 spiro atoms. The molecule has 0 saturated heterocycles. The third-order valence-corrected chi connectivity index (χ3v) is 6.46. The Morgan fingerprint density at radius 3 is 2.94 bits per heavy atom. The smallest absolute Gasteiger partial charge is 0.243 e. The molecule has 0 fully saturated rings. The van der Waals surface area contributed by atoms with Gasteiger partial charge in [-0.1, -0.05) is 23.7 Å². The van der Waals surface area contributed by atoms with Crippen molar-refractivity contribution < 1.29 is 14.3 Å². The van der Waals surface area contributed by atoms with Gasteiger partial charge in [0.15, 0.2) is 5.78 Å². The van der Waals surface area contributed by atoms with Crippen LogP contribution in [-0.2, 0) is 17.6 Å². The van der Waals surface area contributed by atoms with Crippen LogP contribution in [0.3, 0.4) is 0 Å². The van der Waals surface area contributed by atoms with Crippen LogP contribution in [0.2, 0.25) is 5.02 Å². The van der Waals surface area contributed by atoms with E-state index in [1.165, 1.54) is 17.4 Å². The molecule has 1 N–H and O–H groups in total. The predicted octanol–water partition coefficient (Wildman–Crippen LogP) is 4.88. The highest BCUT2D eigenvalue weighted by Gasteiger charge is 2.26. The van der Waals surface area contributed by atoms with Crippen molar-refractivity contribution in [1.82, 2.24) is 10.3 Å². The molecule has 0 bridgehead atoms. The Kier molecular flexibility index (Phi) is 6.49. The lowest BCUT2D eigenvalue weighted by Crippen LogP contribution is -2.33. The SMILES string of the molecule is CC(=O)c1ccc(-c2cc(Cl)c3c(c2)CC(CNC(=O)C=CCc2cccnc2)O3)s1. The van der Waals surface area contributed by atoms with E-state index in [1.807, 2.05) is 42.5 Å². The topological polar surface area (TPSA) is 68.3 Å². The van der Waals surface area contributed by atoms with Crippen molar-refractivity contribution in [1.29, 1.82) is 0 Å². The number of ether oxygens (including phenoxy) is 1. The van der Waals surface area contributed by atoms with E-state index in [2.05, 4.69) is 10.3 Å². The molecular weight excluding hydrogens is 432 g/mol. The average molecular weight is 453 g/mol. The molecule has 3 aromatic rings. The van der Waals surface area contributed by atoms with Gasteiger partial charge in [0.25, 0.3) is 0 Å². The molecule has 1 amide bonds. The molecule has 0 saturated carbocycles. The van der Waals surface area contributed by atoms with Crippen molar-refractivity contribution in [3.63, 3.8) is 0 Å². The zero-order valence-corrected chi connectivity index (χ0v) is 18.5. The van der Waals surface area contributed by atoms with E-state index in [1.54, 1.807) is 19.3 Å². The van der Waals surface area contributed by atoms with Gasteiger partial charge in [-0.2, -0.15) is 0 Å². The molecule has 4 rings (SSSR count). The third kappa shape index (κ3) is 5.21. The largest absolute Gasteiger partial charge is 0.486 e. The second-order valence-electron chi connectivity index (χ2n) is 7.32. The van der Waals surface area contributed by atoms with Gasteiger partial charge in [0.05, 0.1) is 16.4 Å². The minimum absolute atomic E-state index is 0.0529. The van der Waals surface area contributed by atoms with Crippen molar-refractivity contribution in [2.45, 2.75) is 25.9 Å². The first-order valence-electron chi connectivity index (χ1n) is 9.93. The van der Waals surface area contributed by atoms with Gasteiger partial charge in [-0.05, 0) is 60.9 Å². The van der Waals surface area contributed by atoms with Crippen LogP contribution in [0.4, 0.5) is 0 Å². The molecule has 5 nitrogen and oxygen atoms in total. The summed E-state index contributed by atoms with van der Waals surface area (Å²) in [6.07, 6.45) is 7.99. The fourth-order valence-corrected chi connectivity index (χ4v) is 4.59. The maximum absolute atomic E-state index is 12.1. The summed E-state index contributed by atoms with van der Waals surface area (Å²) >= 11 is 7.91. The summed E-state index contributed by atoms with van der Waals surface area (Å²) in [4.78, 5) is 29.4. The molecule has 1 aliphatic rings. The summed E-state index contributed by atoms with van der Waals surface area (Å²) in [5.41, 5.74) is 3.02. The number of carbonyl (C=O) groups excluding carboxylic acids is 2. The Bertz CT molecular complexity index is 1140. The fourth-order valence-electron chi connectivity index (χ4n) is 3.42. The van der Waals surface area contributed by atoms with Gasteiger partial charge in [0, 0.05) is 29.3 Å². The van der Waals surface area contributed by atoms with Gasteiger partial charge in [0.2, 0.25) is 5.91 Å². The lowest BCUT2D eigenvalue weighted by atomic mass is 10.1. The summed E-state index contributed by atoms with van der Waals surface area (Å²) in [5, 5.41) is 3.42. The standard InChI is InChI=1S/C24H21ClN2O3S/c1-15(28)21-7-8-22(31-21)17-10-18-11-19(30-24(18)20(25)12-17)14-27-23(29)6-2-4-16-5-3-9-26-13-16/h2-3,5-10,12-13,19H,4,11,14H2,1H3,(H,27,29). The highest BCUT2D eigenvalue weighted by Crippen LogP contribution is 2.41. The summed E-state index contributed by atoms with van der Waals surface area (Å²) < 4.78 is 5.97. The van der Waals surface area contributed by atoms with Crippen molar-refractivity contribution in [2.75, 3.05) is 6.54 Å². The Morgan fingerprint density at radius 2 is 2.19 bits per heavy atom. The molecule has 1 unspecified atom stereocenters. The molecule has 7 heteroatoms. The number of rotatable bonds is 7. The predicted molar refractivity (Wildman–Crippen MR) is 123 cm³/mol. The Morgan fingerprint density at radius 1 is 1.32 bits per heavy atom. The van der Waals surface area contributed by atoms with Crippen molar-refractivity contribution in [3.05, 3.63) is 82.0 Å². The molecule has 1 aliphatic heterocycles. The summed E-state index contributed by atoms with van der Waals surface area (Å²) in [6, 6.07) is 11.5. The summed E-state index contributed by atoms with van der Waals surface area (Å²) in [6.45, 7) is 1.95. The second-order valence-corrected chi connectivity index (χ2v) is 8.81. The number of ketones is 1. The highest BCUT2D eigenvalue weighted by molar-refractivity contribution is 7.17. The van der Waals surface area contributed by atoms with E-state index in [-0.39, 0.29) is 17.8 Å². The van der Waals surface area contributed by atoms with E-state index in [0.717, 1.165) is 26.4 Å². The molecule has 158 valence electrons. The highest BCUT2D eigenvalue weighted by atomic mass is 35.5. The van der Waals surface area contributed by atoms with Crippen LogP contribution in [0.15, 0.2) is 60.9 Å².